The average Bonchev–Trinajstić information content (AvgIpc) is 2.54. The Morgan fingerprint density at radius 2 is 1.73 bits per heavy atom. The van der Waals surface area contributed by atoms with Crippen molar-refractivity contribution in [2.45, 2.75) is 6.61 Å². The fourth-order valence-corrected chi connectivity index (χ4v) is 2.00. The van der Waals surface area contributed by atoms with E-state index in [-0.39, 0.29) is 18.9 Å². The number of ether oxygens (including phenoxy) is 1. The van der Waals surface area contributed by atoms with Gasteiger partial charge in [-0.15, -0.1) is 0 Å². The first-order valence-electron chi connectivity index (χ1n) is 6.49. The lowest BCUT2D eigenvalue weighted by atomic mass is 10.1. The van der Waals surface area contributed by atoms with Crippen LogP contribution in [-0.4, -0.2) is 18.4 Å². The molecule has 4 nitrogen and oxygen atoms in total. The number of carbonyl (C=O) groups is 2. The van der Waals surface area contributed by atoms with Gasteiger partial charge in [0.05, 0.1) is 16.6 Å². The minimum Gasteiger partial charge on any atom is -0.445 e. The highest BCUT2D eigenvalue weighted by Crippen LogP contribution is 2.22. The summed E-state index contributed by atoms with van der Waals surface area (Å²) in [6.07, 6.45) is -0.655. The highest BCUT2D eigenvalue weighted by atomic mass is 35.5. The predicted octanol–water partition coefficient (Wildman–Crippen LogP) is 4.10. The Morgan fingerprint density at radius 3 is 2.41 bits per heavy atom. The van der Waals surface area contributed by atoms with E-state index in [9.17, 15) is 9.59 Å². The summed E-state index contributed by atoms with van der Waals surface area (Å²) in [5, 5.41) is 3.06. The molecule has 0 aromatic heterocycles. The van der Waals surface area contributed by atoms with E-state index >= 15 is 0 Å². The third-order valence-corrected chi connectivity index (χ3v) is 3.59. The fourth-order valence-electron chi connectivity index (χ4n) is 1.70. The van der Waals surface area contributed by atoms with E-state index in [1.54, 1.807) is 6.07 Å². The molecule has 0 aliphatic rings. The van der Waals surface area contributed by atoms with E-state index in [0.717, 1.165) is 5.56 Å². The van der Waals surface area contributed by atoms with E-state index in [2.05, 4.69) is 5.32 Å². The minimum atomic E-state index is -0.655. The normalized spacial score (nSPS) is 10.1. The number of ketones is 1. The zero-order chi connectivity index (χ0) is 15.9. The molecule has 0 radical (unpaired) electrons. The summed E-state index contributed by atoms with van der Waals surface area (Å²) in [5.41, 5.74) is 1.24. The first-order chi connectivity index (χ1) is 10.6. The smallest absolute Gasteiger partial charge is 0.407 e. The largest absolute Gasteiger partial charge is 0.445 e. The summed E-state index contributed by atoms with van der Waals surface area (Å²) < 4.78 is 5.01. The number of alkyl carbamates (subject to hydrolysis) is 1. The summed E-state index contributed by atoms with van der Waals surface area (Å²) in [6, 6.07) is 13.8. The Kier molecular flexibility index (Phi) is 5.81. The summed E-state index contributed by atoms with van der Waals surface area (Å²) >= 11 is 11.6. The van der Waals surface area contributed by atoms with Crippen LogP contribution in [-0.2, 0) is 11.3 Å². The van der Waals surface area contributed by atoms with Gasteiger partial charge in [-0.2, -0.15) is 0 Å². The molecule has 0 heterocycles. The molecule has 1 amide bonds. The first-order valence-corrected chi connectivity index (χ1v) is 7.24. The lowest BCUT2D eigenvalue weighted by Gasteiger charge is -2.07. The van der Waals surface area contributed by atoms with E-state index in [0.29, 0.717) is 15.6 Å². The second kappa shape index (κ2) is 7.82. The third-order valence-electron chi connectivity index (χ3n) is 2.85. The highest BCUT2D eigenvalue weighted by Gasteiger charge is 2.10. The van der Waals surface area contributed by atoms with E-state index in [1.807, 2.05) is 30.3 Å². The lowest BCUT2D eigenvalue weighted by Crippen LogP contribution is -2.30. The number of carbonyl (C=O) groups excluding carboxylic acids is 2. The van der Waals surface area contributed by atoms with Crippen molar-refractivity contribution in [2.24, 2.45) is 0 Å². The van der Waals surface area contributed by atoms with Crippen molar-refractivity contribution in [3.8, 4) is 0 Å². The molecule has 6 heteroatoms. The molecular weight excluding hydrogens is 325 g/mol. The SMILES string of the molecule is O=C(NCC(=O)c1ccc(Cl)c(Cl)c1)OCc1ccccc1. The van der Waals surface area contributed by atoms with Crippen LogP contribution in [0.15, 0.2) is 48.5 Å². The number of hydrogen-bond donors (Lipinski definition) is 1. The summed E-state index contributed by atoms with van der Waals surface area (Å²) in [5.74, 6) is -0.282. The molecule has 22 heavy (non-hydrogen) atoms. The number of halogens is 2. The van der Waals surface area contributed by atoms with Crippen molar-refractivity contribution in [3.63, 3.8) is 0 Å². The van der Waals surface area contributed by atoms with Crippen LogP contribution in [0.3, 0.4) is 0 Å². The molecule has 0 bridgehead atoms. The Bertz CT molecular complexity index is 674. The fraction of sp³-hybridized carbons (Fsp3) is 0.125. The lowest BCUT2D eigenvalue weighted by molar-refractivity contribution is 0.0974. The van der Waals surface area contributed by atoms with Gasteiger partial charge in [0.25, 0.3) is 0 Å². The van der Waals surface area contributed by atoms with Gasteiger partial charge in [-0.25, -0.2) is 4.79 Å². The van der Waals surface area contributed by atoms with Gasteiger partial charge in [-0.05, 0) is 23.8 Å². The molecule has 0 fully saturated rings. The summed E-state index contributed by atoms with van der Waals surface area (Å²) in [6.45, 7) is -0.0286. The van der Waals surface area contributed by atoms with Gasteiger partial charge in [-0.1, -0.05) is 53.5 Å². The van der Waals surface area contributed by atoms with Gasteiger partial charge >= 0.3 is 6.09 Å². The van der Waals surface area contributed by atoms with Gasteiger partial charge < -0.3 is 10.1 Å². The molecule has 0 spiro atoms. The van der Waals surface area contributed by atoms with Gasteiger partial charge in [-0.3, -0.25) is 4.79 Å². The summed E-state index contributed by atoms with van der Waals surface area (Å²) in [7, 11) is 0. The van der Waals surface area contributed by atoms with Crippen LogP contribution in [0.4, 0.5) is 4.79 Å². The van der Waals surface area contributed by atoms with Crippen molar-refractivity contribution in [2.75, 3.05) is 6.54 Å². The maximum atomic E-state index is 11.9. The van der Waals surface area contributed by atoms with Crippen LogP contribution < -0.4 is 5.32 Å². The number of benzene rings is 2. The van der Waals surface area contributed by atoms with Crippen molar-refractivity contribution in [3.05, 3.63) is 69.7 Å². The van der Waals surface area contributed by atoms with Gasteiger partial charge in [0.1, 0.15) is 6.61 Å². The zero-order valence-electron chi connectivity index (χ0n) is 11.5. The standard InChI is InChI=1S/C16H13Cl2NO3/c17-13-7-6-12(8-14(13)18)15(20)9-19-16(21)22-10-11-4-2-1-3-5-11/h1-8H,9-10H2,(H,19,21). The van der Waals surface area contributed by atoms with Crippen LogP contribution in [0.25, 0.3) is 0 Å². The molecule has 2 rings (SSSR count). The van der Waals surface area contributed by atoms with Crippen LogP contribution in [0.5, 0.6) is 0 Å². The molecule has 0 saturated carbocycles. The maximum absolute atomic E-state index is 11.9. The third kappa shape index (κ3) is 4.76. The monoisotopic (exact) mass is 337 g/mol. The first kappa shape index (κ1) is 16.3. The van der Waals surface area contributed by atoms with E-state index in [4.69, 9.17) is 27.9 Å². The zero-order valence-corrected chi connectivity index (χ0v) is 13.0. The number of nitrogens with one attached hydrogen (secondary N) is 1. The van der Waals surface area contributed by atoms with Crippen LogP contribution >= 0.6 is 23.2 Å². The highest BCUT2D eigenvalue weighted by molar-refractivity contribution is 6.42. The molecule has 2 aromatic rings. The Morgan fingerprint density at radius 1 is 1.00 bits per heavy atom. The Labute approximate surface area is 138 Å². The molecule has 0 aliphatic heterocycles. The Hall–Kier alpha value is -2.04. The second-order valence-electron chi connectivity index (χ2n) is 4.47. The van der Waals surface area contributed by atoms with E-state index in [1.165, 1.54) is 12.1 Å². The van der Waals surface area contributed by atoms with Crippen LogP contribution in [0.1, 0.15) is 15.9 Å². The molecular formula is C16H13Cl2NO3. The van der Waals surface area contributed by atoms with Gasteiger partial charge in [0.2, 0.25) is 0 Å². The molecule has 2 aromatic carbocycles. The van der Waals surface area contributed by atoms with Crippen molar-refractivity contribution >= 4 is 35.1 Å². The molecule has 0 atom stereocenters. The second-order valence-corrected chi connectivity index (χ2v) is 5.28. The predicted molar refractivity (Wildman–Crippen MR) is 85.4 cm³/mol. The molecule has 114 valence electrons. The molecule has 0 saturated heterocycles. The van der Waals surface area contributed by atoms with Gasteiger partial charge in [0.15, 0.2) is 5.78 Å². The van der Waals surface area contributed by atoms with Gasteiger partial charge in [0, 0.05) is 5.56 Å². The molecule has 1 N–H and O–H groups in total. The minimum absolute atomic E-state index is 0.146. The molecule has 0 unspecified atom stereocenters. The summed E-state index contributed by atoms with van der Waals surface area (Å²) in [4.78, 5) is 23.5. The van der Waals surface area contributed by atoms with Crippen LogP contribution in [0.2, 0.25) is 10.0 Å². The Balaban J connectivity index is 1.80. The average molecular weight is 338 g/mol. The van der Waals surface area contributed by atoms with Crippen molar-refractivity contribution in [1.29, 1.82) is 0 Å². The van der Waals surface area contributed by atoms with Crippen molar-refractivity contribution in [1.82, 2.24) is 5.32 Å². The number of hydrogen-bond acceptors (Lipinski definition) is 3. The number of rotatable bonds is 5. The molecule has 0 aliphatic carbocycles. The van der Waals surface area contributed by atoms with Crippen LogP contribution in [0, 0.1) is 0 Å². The van der Waals surface area contributed by atoms with E-state index < -0.39 is 6.09 Å². The quantitative estimate of drug-likeness (QED) is 0.835. The number of Topliss-reactive ketones (excluding diaryl/α,β-unsaturated/α-hetero) is 1. The van der Waals surface area contributed by atoms with Crippen molar-refractivity contribution < 1.29 is 14.3 Å². The number of amides is 1. The topological polar surface area (TPSA) is 55.4 Å². The maximum Gasteiger partial charge on any atom is 0.407 e.